The number of likely N-dealkylation sites (tertiary alicyclic amines) is 1. The van der Waals surface area contributed by atoms with Crippen LogP contribution in [0.4, 0.5) is 0 Å². The maximum absolute atomic E-state index is 13.5. The van der Waals surface area contributed by atoms with Gasteiger partial charge in [-0.2, -0.15) is 5.10 Å². The first kappa shape index (κ1) is 19.6. The molecule has 0 unspecified atom stereocenters. The summed E-state index contributed by atoms with van der Waals surface area (Å²) in [5.74, 6) is 0.0473. The van der Waals surface area contributed by atoms with Gasteiger partial charge < -0.3 is 9.80 Å². The summed E-state index contributed by atoms with van der Waals surface area (Å²) in [6, 6.07) is 6.45. The van der Waals surface area contributed by atoms with Gasteiger partial charge >= 0.3 is 0 Å². The number of hydrogen-bond donors (Lipinski definition) is 0. The van der Waals surface area contributed by atoms with E-state index in [0.29, 0.717) is 11.6 Å². The number of aromatic nitrogens is 3. The fourth-order valence-corrected chi connectivity index (χ4v) is 4.22. The van der Waals surface area contributed by atoms with Gasteiger partial charge in [0.1, 0.15) is 0 Å². The molecule has 152 valence electrons. The van der Waals surface area contributed by atoms with E-state index in [1.54, 1.807) is 10.9 Å². The normalized spacial score (nSPS) is 17.2. The van der Waals surface area contributed by atoms with Crippen molar-refractivity contribution < 1.29 is 4.79 Å². The third-order valence-corrected chi connectivity index (χ3v) is 6.24. The van der Waals surface area contributed by atoms with E-state index in [1.165, 1.54) is 12.0 Å². The highest BCUT2D eigenvalue weighted by molar-refractivity contribution is 6.07. The minimum atomic E-state index is 0.0473. The lowest BCUT2D eigenvalue weighted by atomic mass is 9.99. The largest absolute Gasteiger partial charge is 0.340 e. The summed E-state index contributed by atoms with van der Waals surface area (Å²) in [5.41, 5.74) is 5.59. The van der Waals surface area contributed by atoms with Crippen LogP contribution in [-0.4, -0.2) is 63.7 Å². The molecule has 1 amide bonds. The van der Waals surface area contributed by atoms with Crippen molar-refractivity contribution in [3.8, 4) is 11.3 Å². The van der Waals surface area contributed by atoms with Gasteiger partial charge in [0.05, 0.1) is 23.0 Å². The van der Waals surface area contributed by atoms with Crippen LogP contribution in [0.5, 0.6) is 0 Å². The monoisotopic (exact) mass is 391 g/mol. The Kier molecular flexibility index (Phi) is 5.13. The van der Waals surface area contributed by atoms with Crippen LogP contribution in [0.1, 0.15) is 34.3 Å². The van der Waals surface area contributed by atoms with Crippen molar-refractivity contribution in [1.82, 2.24) is 24.6 Å². The molecule has 3 heterocycles. The van der Waals surface area contributed by atoms with E-state index in [1.807, 2.05) is 37.3 Å². The van der Waals surface area contributed by atoms with Crippen LogP contribution in [0.2, 0.25) is 0 Å². The summed E-state index contributed by atoms with van der Waals surface area (Å²) in [4.78, 5) is 22.6. The van der Waals surface area contributed by atoms with Crippen molar-refractivity contribution in [2.24, 2.45) is 7.05 Å². The molecular formula is C23H29N5O. The van der Waals surface area contributed by atoms with Crippen molar-refractivity contribution in [1.29, 1.82) is 0 Å². The van der Waals surface area contributed by atoms with Crippen LogP contribution in [0.25, 0.3) is 22.2 Å². The third-order valence-electron chi connectivity index (χ3n) is 6.24. The Balaban J connectivity index is 1.79. The molecule has 29 heavy (non-hydrogen) atoms. The zero-order valence-electron chi connectivity index (χ0n) is 17.9. The van der Waals surface area contributed by atoms with E-state index in [4.69, 9.17) is 4.98 Å². The minimum absolute atomic E-state index is 0.0473. The fraction of sp³-hybridized carbons (Fsp3) is 0.435. The van der Waals surface area contributed by atoms with Crippen LogP contribution in [0.3, 0.4) is 0 Å². The first-order valence-electron chi connectivity index (χ1n) is 10.2. The Labute approximate surface area is 172 Å². The number of carbonyl (C=O) groups excluding carboxylic acids is 1. The maximum Gasteiger partial charge on any atom is 0.254 e. The van der Waals surface area contributed by atoms with Gasteiger partial charge in [-0.3, -0.25) is 9.48 Å². The SMILES string of the molecule is Cc1ccc2c(C(=O)N(C)C[C@H]3CCCN3C)cc(-c3cnn(C)c3)nc2c1C. The molecule has 0 spiro atoms. The van der Waals surface area contributed by atoms with Crippen molar-refractivity contribution >= 4 is 16.8 Å². The summed E-state index contributed by atoms with van der Waals surface area (Å²) < 4.78 is 1.76. The molecule has 4 rings (SSSR count). The number of fused-ring (bicyclic) bond motifs is 1. The molecular weight excluding hydrogens is 362 g/mol. The van der Waals surface area contributed by atoms with Gasteiger partial charge in [0.15, 0.2) is 0 Å². The molecule has 0 radical (unpaired) electrons. The standard InChI is InChI=1S/C23H29N5O/c1-15-8-9-19-20(23(29)27(4)14-18-7-6-10-26(18)3)11-21(25-22(19)16(15)2)17-12-24-28(5)13-17/h8-9,11-13,18H,6-7,10,14H2,1-5H3/t18-/m1/s1. The van der Waals surface area contributed by atoms with Gasteiger partial charge in [0, 0.05) is 43.8 Å². The Morgan fingerprint density at radius 3 is 2.72 bits per heavy atom. The molecule has 1 aliphatic heterocycles. The molecule has 1 aliphatic rings. The molecule has 1 saturated heterocycles. The molecule has 1 aromatic carbocycles. The molecule has 2 aromatic heterocycles. The predicted octanol–water partition coefficient (Wildman–Crippen LogP) is 3.42. The second-order valence-electron chi connectivity index (χ2n) is 8.32. The summed E-state index contributed by atoms with van der Waals surface area (Å²) in [6.45, 7) is 6.00. The van der Waals surface area contributed by atoms with E-state index in [-0.39, 0.29) is 5.91 Å². The van der Waals surface area contributed by atoms with Crippen LogP contribution >= 0.6 is 0 Å². The number of carbonyl (C=O) groups is 1. The topological polar surface area (TPSA) is 54.3 Å². The Hall–Kier alpha value is -2.73. The molecule has 6 heteroatoms. The zero-order valence-corrected chi connectivity index (χ0v) is 17.9. The Bertz CT molecular complexity index is 1070. The van der Waals surface area contributed by atoms with Gasteiger partial charge in [-0.1, -0.05) is 12.1 Å². The van der Waals surface area contributed by atoms with Crippen LogP contribution in [0.15, 0.2) is 30.6 Å². The summed E-state index contributed by atoms with van der Waals surface area (Å²) in [7, 11) is 5.94. The molecule has 0 N–H and O–H groups in total. The molecule has 1 atom stereocenters. The van der Waals surface area contributed by atoms with E-state index >= 15 is 0 Å². The van der Waals surface area contributed by atoms with E-state index in [2.05, 4.69) is 37.0 Å². The molecule has 6 nitrogen and oxygen atoms in total. The average Bonchev–Trinajstić information content (AvgIpc) is 3.32. The van der Waals surface area contributed by atoms with Crippen molar-refractivity contribution in [2.75, 3.05) is 27.2 Å². The molecule has 1 fully saturated rings. The number of hydrogen-bond acceptors (Lipinski definition) is 4. The third kappa shape index (κ3) is 3.65. The van der Waals surface area contributed by atoms with Crippen molar-refractivity contribution in [2.45, 2.75) is 32.7 Å². The molecule has 0 bridgehead atoms. The van der Waals surface area contributed by atoms with Gasteiger partial charge in [-0.05, 0) is 57.5 Å². The summed E-state index contributed by atoms with van der Waals surface area (Å²) >= 11 is 0. The Morgan fingerprint density at radius 1 is 1.28 bits per heavy atom. The molecule has 0 aliphatic carbocycles. The lowest BCUT2D eigenvalue weighted by molar-refractivity contribution is 0.0763. The number of nitrogens with zero attached hydrogens (tertiary/aromatic N) is 5. The highest BCUT2D eigenvalue weighted by Gasteiger charge is 2.26. The lowest BCUT2D eigenvalue weighted by Gasteiger charge is -2.26. The highest BCUT2D eigenvalue weighted by atomic mass is 16.2. The van der Waals surface area contributed by atoms with E-state index in [9.17, 15) is 4.79 Å². The second-order valence-corrected chi connectivity index (χ2v) is 8.32. The van der Waals surface area contributed by atoms with E-state index < -0.39 is 0 Å². The number of amides is 1. The average molecular weight is 392 g/mol. The first-order valence-corrected chi connectivity index (χ1v) is 10.2. The smallest absolute Gasteiger partial charge is 0.254 e. The summed E-state index contributed by atoms with van der Waals surface area (Å²) in [6.07, 6.45) is 6.07. The molecule has 3 aromatic rings. The number of benzene rings is 1. The zero-order chi connectivity index (χ0) is 20.7. The number of aryl methyl sites for hydroxylation is 3. The first-order chi connectivity index (χ1) is 13.8. The number of pyridine rings is 1. The van der Waals surface area contributed by atoms with Gasteiger partial charge in [0.2, 0.25) is 0 Å². The quantitative estimate of drug-likeness (QED) is 0.684. The van der Waals surface area contributed by atoms with E-state index in [0.717, 1.165) is 47.2 Å². The maximum atomic E-state index is 13.5. The van der Waals surface area contributed by atoms with Gasteiger partial charge in [0.25, 0.3) is 5.91 Å². The van der Waals surface area contributed by atoms with Crippen LogP contribution < -0.4 is 0 Å². The highest BCUT2D eigenvalue weighted by Crippen LogP contribution is 2.29. The summed E-state index contributed by atoms with van der Waals surface area (Å²) in [5, 5.41) is 5.19. The fourth-order valence-electron chi connectivity index (χ4n) is 4.22. The Morgan fingerprint density at radius 2 is 2.07 bits per heavy atom. The van der Waals surface area contributed by atoms with Crippen LogP contribution in [-0.2, 0) is 7.05 Å². The van der Waals surface area contributed by atoms with Gasteiger partial charge in [-0.15, -0.1) is 0 Å². The number of likely N-dealkylation sites (N-methyl/N-ethyl adjacent to an activating group) is 2. The van der Waals surface area contributed by atoms with Crippen LogP contribution in [0, 0.1) is 13.8 Å². The lowest BCUT2D eigenvalue weighted by Crippen LogP contribution is -2.39. The van der Waals surface area contributed by atoms with Crippen molar-refractivity contribution in [3.05, 3.63) is 47.3 Å². The molecule has 0 saturated carbocycles. The van der Waals surface area contributed by atoms with Gasteiger partial charge in [-0.25, -0.2) is 4.98 Å². The predicted molar refractivity (Wildman–Crippen MR) is 116 cm³/mol. The number of rotatable bonds is 4. The minimum Gasteiger partial charge on any atom is -0.340 e. The second kappa shape index (κ2) is 7.59. The van der Waals surface area contributed by atoms with Crippen molar-refractivity contribution in [3.63, 3.8) is 0 Å².